The number of carbonyl (C=O) groups excluding carboxylic acids is 1. The topological polar surface area (TPSA) is 71.3 Å². The van der Waals surface area contributed by atoms with Crippen LogP contribution in [0.1, 0.15) is 30.0 Å². The minimum Gasteiger partial charge on any atom is -0.493 e. The molecule has 0 aliphatic carbocycles. The number of nitrogens with one attached hydrogen (secondary N) is 1. The van der Waals surface area contributed by atoms with Crippen molar-refractivity contribution in [1.29, 1.82) is 5.26 Å². The van der Waals surface area contributed by atoms with Gasteiger partial charge in [-0.25, -0.2) is 0 Å². The Kier molecular flexibility index (Phi) is 7.65. The standard InChI is InChI=1S/C22H23BrN2O3/c1-5-8-28-21-18(23)11-16(12-20(21)27-4)10-17(13-24)22(26)25-19-7-6-14(2)9-15(19)3/h6-7,9-12H,5,8H2,1-4H3,(H,25,26)/b17-10-. The molecule has 2 rings (SSSR count). The molecule has 0 atom stereocenters. The summed E-state index contributed by atoms with van der Waals surface area (Å²) in [5.41, 5.74) is 3.37. The fraction of sp³-hybridized carbons (Fsp3) is 0.273. The van der Waals surface area contributed by atoms with Gasteiger partial charge in [-0.1, -0.05) is 24.6 Å². The monoisotopic (exact) mass is 442 g/mol. The molecule has 0 bridgehead atoms. The van der Waals surface area contributed by atoms with Gasteiger partial charge in [-0.05, 0) is 71.6 Å². The summed E-state index contributed by atoms with van der Waals surface area (Å²) in [5.74, 6) is 0.664. The first-order chi connectivity index (χ1) is 13.4. The average molecular weight is 443 g/mol. The lowest BCUT2D eigenvalue weighted by Gasteiger charge is -2.13. The SMILES string of the molecule is CCCOc1c(Br)cc(/C=C(/C#N)C(=O)Nc2ccc(C)cc2C)cc1OC. The van der Waals surface area contributed by atoms with Crippen molar-refractivity contribution in [2.24, 2.45) is 0 Å². The summed E-state index contributed by atoms with van der Waals surface area (Å²) >= 11 is 3.47. The van der Waals surface area contributed by atoms with E-state index in [0.717, 1.165) is 17.5 Å². The van der Waals surface area contributed by atoms with Crippen LogP contribution in [-0.2, 0) is 4.79 Å². The first-order valence-electron chi connectivity index (χ1n) is 8.90. The second kappa shape index (κ2) is 9.95. The molecule has 1 amide bonds. The van der Waals surface area contributed by atoms with Gasteiger partial charge in [-0.3, -0.25) is 4.79 Å². The summed E-state index contributed by atoms with van der Waals surface area (Å²) in [6, 6.07) is 11.2. The maximum Gasteiger partial charge on any atom is 0.266 e. The Morgan fingerprint density at radius 1 is 1.29 bits per heavy atom. The molecule has 0 saturated heterocycles. The van der Waals surface area contributed by atoms with Crippen LogP contribution in [0.5, 0.6) is 11.5 Å². The lowest BCUT2D eigenvalue weighted by molar-refractivity contribution is -0.112. The Bertz CT molecular complexity index is 946. The van der Waals surface area contributed by atoms with Crippen LogP contribution in [-0.4, -0.2) is 19.6 Å². The zero-order valence-electron chi connectivity index (χ0n) is 16.4. The average Bonchev–Trinajstić information content (AvgIpc) is 2.66. The normalized spacial score (nSPS) is 10.9. The highest BCUT2D eigenvalue weighted by Gasteiger charge is 2.14. The van der Waals surface area contributed by atoms with Crippen molar-refractivity contribution in [1.82, 2.24) is 0 Å². The molecule has 28 heavy (non-hydrogen) atoms. The van der Waals surface area contributed by atoms with Crippen LogP contribution in [0.4, 0.5) is 5.69 Å². The number of benzene rings is 2. The molecule has 146 valence electrons. The Labute approximate surface area is 174 Å². The molecule has 2 aromatic carbocycles. The van der Waals surface area contributed by atoms with E-state index >= 15 is 0 Å². The number of hydrogen-bond acceptors (Lipinski definition) is 4. The highest BCUT2D eigenvalue weighted by molar-refractivity contribution is 9.10. The van der Waals surface area contributed by atoms with Crippen LogP contribution in [0.15, 0.2) is 40.4 Å². The largest absolute Gasteiger partial charge is 0.493 e. The van der Waals surface area contributed by atoms with E-state index < -0.39 is 5.91 Å². The van der Waals surface area contributed by atoms with Crippen LogP contribution in [0.25, 0.3) is 6.08 Å². The van der Waals surface area contributed by atoms with E-state index in [4.69, 9.17) is 9.47 Å². The lowest BCUT2D eigenvalue weighted by Crippen LogP contribution is -2.14. The third-order valence-corrected chi connectivity index (χ3v) is 4.60. The van der Waals surface area contributed by atoms with Crippen LogP contribution in [0, 0.1) is 25.2 Å². The molecule has 0 heterocycles. The third kappa shape index (κ3) is 5.37. The summed E-state index contributed by atoms with van der Waals surface area (Å²) in [7, 11) is 1.55. The maximum atomic E-state index is 12.6. The second-order valence-corrected chi connectivity index (χ2v) is 7.18. The van der Waals surface area contributed by atoms with Gasteiger partial charge in [0.15, 0.2) is 11.5 Å². The van der Waals surface area contributed by atoms with Crippen LogP contribution >= 0.6 is 15.9 Å². The quantitative estimate of drug-likeness (QED) is 0.459. The van der Waals surface area contributed by atoms with Crippen molar-refractivity contribution in [3.8, 4) is 17.6 Å². The number of nitriles is 1. The summed E-state index contributed by atoms with van der Waals surface area (Å²) in [6.45, 7) is 6.48. The smallest absolute Gasteiger partial charge is 0.266 e. The number of ether oxygens (including phenoxy) is 2. The predicted molar refractivity (Wildman–Crippen MR) is 115 cm³/mol. The van der Waals surface area contributed by atoms with Gasteiger partial charge < -0.3 is 14.8 Å². The lowest BCUT2D eigenvalue weighted by atomic mass is 10.1. The number of rotatable bonds is 7. The number of aryl methyl sites for hydroxylation is 2. The molecule has 0 fully saturated rings. The zero-order chi connectivity index (χ0) is 20.7. The Hall–Kier alpha value is -2.78. The molecule has 0 saturated carbocycles. The number of carbonyl (C=O) groups is 1. The third-order valence-electron chi connectivity index (χ3n) is 4.01. The number of hydrogen-bond donors (Lipinski definition) is 1. The number of amides is 1. The highest BCUT2D eigenvalue weighted by atomic mass is 79.9. The van der Waals surface area contributed by atoms with E-state index in [-0.39, 0.29) is 5.57 Å². The minimum absolute atomic E-state index is 0.00356. The zero-order valence-corrected chi connectivity index (χ0v) is 18.0. The summed E-state index contributed by atoms with van der Waals surface area (Å²) in [6.07, 6.45) is 2.39. The minimum atomic E-state index is -0.462. The first kappa shape index (κ1) is 21.5. The van der Waals surface area contributed by atoms with Gasteiger partial charge in [0.25, 0.3) is 5.91 Å². The molecular formula is C22H23BrN2O3. The molecule has 6 heteroatoms. The van der Waals surface area contributed by atoms with Gasteiger partial charge >= 0.3 is 0 Å². The number of halogens is 1. The maximum absolute atomic E-state index is 12.6. The molecule has 0 unspecified atom stereocenters. The Morgan fingerprint density at radius 3 is 2.64 bits per heavy atom. The van der Waals surface area contributed by atoms with Crippen molar-refractivity contribution >= 4 is 33.6 Å². The van der Waals surface area contributed by atoms with Crippen molar-refractivity contribution in [2.75, 3.05) is 19.0 Å². The molecule has 0 radical (unpaired) electrons. The fourth-order valence-corrected chi connectivity index (χ4v) is 3.20. The molecular weight excluding hydrogens is 420 g/mol. The number of nitrogens with zero attached hydrogens (tertiary/aromatic N) is 1. The van der Waals surface area contributed by atoms with Gasteiger partial charge in [0, 0.05) is 5.69 Å². The van der Waals surface area contributed by atoms with Crippen LogP contribution in [0.2, 0.25) is 0 Å². The molecule has 0 spiro atoms. The van der Waals surface area contributed by atoms with E-state index in [1.165, 1.54) is 6.08 Å². The van der Waals surface area contributed by atoms with Crippen molar-refractivity contribution < 1.29 is 14.3 Å². The van der Waals surface area contributed by atoms with E-state index in [0.29, 0.717) is 33.8 Å². The second-order valence-electron chi connectivity index (χ2n) is 6.32. The summed E-state index contributed by atoms with van der Waals surface area (Å²) in [5, 5.41) is 12.3. The summed E-state index contributed by atoms with van der Waals surface area (Å²) in [4.78, 5) is 12.6. The van der Waals surface area contributed by atoms with Crippen molar-refractivity contribution in [3.63, 3.8) is 0 Å². The molecule has 5 nitrogen and oxygen atoms in total. The Balaban J connectivity index is 2.31. The fourth-order valence-electron chi connectivity index (χ4n) is 2.63. The van der Waals surface area contributed by atoms with Gasteiger partial charge in [-0.2, -0.15) is 5.26 Å². The molecule has 1 N–H and O–H groups in total. The van der Waals surface area contributed by atoms with Crippen molar-refractivity contribution in [3.05, 3.63) is 57.1 Å². The molecule has 2 aromatic rings. The highest BCUT2D eigenvalue weighted by Crippen LogP contribution is 2.37. The number of anilines is 1. The predicted octanol–water partition coefficient (Wildman–Crippen LogP) is 5.41. The van der Waals surface area contributed by atoms with Crippen LogP contribution < -0.4 is 14.8 Å². The Morgan fingerprint density at radius 2 is 2.04 bits per heavy atom. The summed E-state index contributed by atoms with van der Waals surface area (Å²) < 4.78 is 11.8. The van der Waals surface area contributed by atoms with E-state index in [1.54, 1.807) is 19.2 Å². The first-order valence-corrected chi connectivity index (χ1v) is 9.69. The molecule has 0 aromatic heterocycles. The van der Waals surface area contributed by atoms with Crippen LogP contribution in [0.3, 0.4) is 0 Å². The van der Waals surface area contributed by atoms with Gasteiger partial charge in [0.1, 0.15) is 11.6 Å². The van der Waals surface area contributed by atoms with Crippen molar-refractivity contribution in [2.45, 2.75) is 27.2 Å². The van der Waals surface area contributed by atoms with Gasteiger partial charge in [0.2, 0.25) is 0 Å². The van der Waals surface area contributed by atoms with E-state index in [9.17, 15) is 10.1 Å². The molecule has 0 aliphatic rings. The van der Waals surface area contributed by atoms with E-state index in [1.807, 2.05) is 45.0 Å². The van der Waals surface area contributed by atoms with Gasteiger partial charge in [0.05, 0.1) is 18.2 Å². The van der Waals surface area contributed by atoms with E-state index in [2.05, 4.69) is 21.2 Å². The number of methoxy groups -OCH3 is 1. The molecule has 0 aliphatic heterocycles. The van der Waals surface area contributed by atoms with Gasteiger partial charge in [-0.15, -0.1) is 0 Å².